The van der Waals surface area contributed by atoms with E-state index in [4.69, 9.17) is 4.74 Å². The van der Waals surface area contributed by atoms with Gasteiger partial charge in [0.25, 0.3) is 0 Å². The van der Waals surface area contributed by atoms with Crippen LogP contribution >= 0.6 is 0 Å². The molecule has 1 aliphatic heterocycles. The fourth-order valence-corrected chi connectivity index (χ4v) is 1.26. The smallest absolute Gasteiger partial charge is 0.133 e. The second kappa shape index (κ2) is 2.68. The van der Waals surface area contributed by atoms with Gasteiger partial charge in [-0.2, -0.15) is 0 Å². The second-order valence-electron chi connectivity index (χ2n) is 2.99. The van der Waals surface area contributed by atoms with Crippen molar-refractivity contribution in [3.63, 3.8) is 0 Å². The van der Waals surface area contributed by atoms with E-state index in [-0.39, 0.29) is 5.60 Å². The first-order chi connectivity index (χ1) is 4.70. The topological polar surface area (TPSA) is 29.5 Å². The van der Waals surface area contributed by atoms with Gasteiger partial charge in [-0.3, -0.25) is 4.90 Å². The third-order valence-electron chi connectivity index (χ3n) is 1.94. The van der Waals surface area contributed by atoms with Crippen molar-refractivity contribution in [1.82, 2.24) is 4.90 Å². The molecule has 0 spiro atoms. The molecule has 1 rings (SSSR count). The summed E-state index contributed by atoms with van der Waals surface area (Å²) >= 11 is 0. The molecule has 0 unspecified atom stereocenters. The Kier molecular flexibility index (Phi) is 2.06. The summed E-state index contributed by atoms with van der Waals surface area (Å²) in [4.78, 5) is 12.1. The summed E-state index contributed by atoms with van der Waals surface area (Å²) in [5.41, 5.74) is 0.00299. The van der Waals surface area contributed by atoms with Crippen molar-refractivity contribution in [2.45, 2.75) is 12.5 Å². The van der Waals surface area contributed by atoms with Crippen LogP contribution in [0.15, 0.2) is 0 Å². The fraction of sp³-hybridized carbons (Fsp3) is 0.857. The molecular formula is C7H13NO2. The van der Waals surface area contributed by atoms with Gasteiger partial charge in [0.15, 0.2) is 0 Å². The number of hydrogen-bond donors (Lipinski definition) is 0. The SMILES string of the molecule is COC1(C)CN(CC=O)C1. The number of hydrogen-bond acceptors (Lipinski definition) is 3. The van der Waals surface area contributed by atoms with E-state index in [1.54, 1.807) is 7.11 Å². The van der Waals surface area contributed by atoms with E-state index in [2.05, 4.69) is 4.90 Å². The second-order valence-corrected chi connectivity index (χ2v) is 2.99. The van der Waals surface area contributed by atoms with E-state index in [0.29, 0.717) is 6.54 Å². The predicted octanol–water partition coefficient (Wildman–Crippen LogP) is -0.0940. The highest BCUT2D eigenvalue weighted by atomic mass is 16.5. The molecule has 58 valence electrons. The van der Waals surface area contributed by atoms with Crippen LogP contribution in [0, 0.1) is 0 Å². The van der Waals surface area contributed by atoms with Gasteiger partial charge < -0.3 is 9.53 Å². The fourth-order valence-electron chi connectivity index (χ4n) is 1.26. The van der Waals surface area contributed by atoms with Gasteiger partial charge in [-0.25, -0.2) is 0 Å². The third kappa shape index (κ3) is 1.36. The summed E-state index contributed by atoms with van der Waals surface area (Å²) in [5, 5.41) is 0. The van der Waals surface area contributed by atoms with Crippen LogP contribution in [0.5, 0.6) is 0 Å². The molecule has 0 amide bonds. The van der Waals surface area contributed by atoms with Gasteiger partial charge in [-0.15, -0.1) is 0 Å². The van der Waals surface area contributed by atoms with Crippen LogP contribution in [0.3, 0.4) is 0 Å². The van der Waals surface area contributed by atoms with E-state index in [0.717, 1.165) is 19.4 Å². The molecule has 1 saturated heterocycles. The predicted molar refractivity (Wildman–Crippen MR) is 37.9 cm³/mol. The lowest BCUT2D eigenvalue weighted by Crippen LogP contribution is -2.61. The van der Waals surface area contributed by atoms with Crippen LogP contribution in [0.2, 0.25) is 0 Å². The van der Waals surface area contributed by atoms with Crippen LogP contribution in [-0.2, 0) is 9.53 Å². The zero-order valence-corrected chi connectivity index (χ0v) is 6.46. The lowest BCUT2D eigenvalue weighted by atomic mass is 9.97. The van der Waals surface area contributed by atoms with E-state index in [1.165, 1.54) is 0 Å². The first-order valence-corrected chi connectivity index (χ1v) is 3.41. The van der Waals surface area contributed by atoms with Crippen LogP contribution in [0.4, 0.5) is 0 Å². The zero-order valence-electron chi connectivity index (χ0n) is 6.46. The Morgan fingerprint density at radius 3 is 2.70 bits per heavy atom. The zero-order chi connectivity index (χ0) is 7.61. The Balaban J connectivity index is 2.22. The van der Waals surface area contributed by atoms with Gasteiger partial charge >= 0.3 is 0 Å². The van der Waals surface area contributed by atoms with Crippen molar-refractivity contribution in [3.05, 3.63) is 0 Å². The molecule has 0 aromatic rings. The van der Waals surface area contributed by atoms with Crippen molar-refractivity contribution < 1.29 is 9.53 Å². The summed E-state index contributed by atoms with van der Waals surface area (Å²) in [5.74, 6) is 0. The standard InChI is InChI=1S/C7H13NO2/c1-7(10-2)5-8(6-7)3-4-9/h4H,3,5-6H2,1-2H3. The minimum atomic E-state index is 0.00299. The van der Waals surface area contributed by atoms with Crippen molar-refractivity contribution >= 4 is 6.29 Å². The largest absolute Gasteiger partial charge is 0.376 e. The van der Waals surface area contributed by atoms with Gasteiger partial charge in [0.1, 0.15) is 6.29 Å². The van der Waals surface area contributed by atoms with Crippen molar-refractivity contribution in [1.29, 1.82) is 0 Å². The molecule has 0 saturated carbocycles. The molecule has 0 radical (unpaired) electrons. The van der Waals surface area contributed by atoms with Crippen LogP contribution < -0.4 is 0 Å². The van der Waals surface area contributed by atoms with E-state index in [1.807, 2.05) is 6.92 Å². The van der Waals surface area contributed by atoms with Gasteiger partial charge in [0, 0.05) is 20.2 Å². The van der Waals surface area contributed by atoms with E-state index >= 15 is 0 Å². The molecule has 0 atom stereocenters. The summed E-state index contributed by atoms with van der Waals surface area (Å²) in [7, 11) is 1.71. The lowest BCUT2D eigenvalue weighted by molar-refractivity contribution is -0.125. The molecule has 0 aromatic carbocycles. The number of likely N-dealkylation sites (tertiary alicyclic amines) is 1. The number of ether oxygens (including phenoxy) is 1. The number of carbonyl (C=O) groups is 1. The maximum absolute atomic E-state index is 10.0. The first-order valence-electron chi connectivity index (χ1n) is 3.41. The number of methoxy groups -OCH3 is 1. The quantitative estimate of drug-likeness (QED) is 0.517. The van der Waals surface area contributed by atoms with Crippen molar-refractivity contribution in [3.8, 4) is 0 Å². The Bertz CT molecular complexity index is 130. The van der Waals surface area contributed by atoms with Crippen LogP contribution in [0.25, 0.3) is 0 Å². The van der Waals surface area contributed by atoms with Crippen LogP contribution in [-0.4, -0.2) is 43.5 Å². The van der Waals surface area contributed by atoms with Crippen molar-refractivity contribution in [2.24, 2.45) is 0 Å². The lowest BCUT2D eigenvalue weighted by Gasteiger charge is -2.46. The summed E-state index contributed by atoms with van der Waals surface area (Å²) in [6.07, 6.45) is 0.926. The molecule has 1 heterocycles. The van der Waals surface area contributed by atoms with Gasteiger partial charge in [0.05, 0.1) is 12.1 Å². The molecule has 0 bridgehead atoms. The molecule has 0 N–H and O–H groups in total. The Morgan fingerprint density at radius 2 is 2.30 bits per heavy atom. The minimum absolute atomic E-state index is 0.00299. The summed E-state index contributed by atoms with van der Waals surface area (Å²) in [6.45, 7) is 4.34. The molecular weight excluding hydrogens is 130 g/mol. The first kappa shape index (κ1) is 7.69. The molecule has 1 aliphatic rings. The Hall–Kier alpha value is -0.410. The highest BCUT2D eigenvalue weighted by molar-refractivity contribution is 5.52. The number of rotatable bonds is 3. The number of aldehydes is 1. The maximum Gasteiger partial charge on any atom is 0.133 e. The molecule has 3 nitrogen and oxygen atoms in total. The maximum atomic E-state index is 10.0. The van der Waals surface area contributed by atoms with Crippen molar-refractivity contribution in [2.75, 3.05) is 26.7 Å². The number of nitrogens with zero attached hydrogens (tertiary/aromatic N) is 1. The summed E-state index contributed by atoms with van der Waals surface area (Å²) < 4.78 is 5.19. The highest BCUT2D eigenvalue weighted by Crippen LogP contribution is 2.22. The van der Waals surface area contributed by atoms with Crippen LogP contribution in [0.1, 0.15) is 6.92 Å². The molecule has 1 fully saturated rings. The van der Waals surface area contributed by atoms with Gasteiger partial charge in [-0.05, 0) is 6.92 Å². The third-order valence-corrected chi connectivity index (χ3v) is 1.94. The summed E-state index contributed by atoms with van der Waals surface area (Å²) in [6, 6.07) is 0. The van der Waals surface area contributed by atoms with Gasteiger partial charge in [0.2, 0.25) is 0 Å². The monoisotopic (exact) mass is 143 g/mol. The Morgan fingerprint density at radius 1 is 1.70 bits per heavy atom. The van der Waals surface area contributed by atoms with E-state index in [9.17, 15) is 4.79 Å². The number of carbonyl (C=O) groups excluding carboxylic acids is 1. The average molecular weight is 143 g/mol. The normalized spacial score (nSPS) is 23.8. The van der Waals surface area contributed by atoms with Gasteiger partial charge in [-0.1, -0.05) is 0 Å². The molecule has 10 heavy (non-hydrogen) atoms. The molecule has 0 aliphatic carbocycles. The molecule has 0 aromatic heterocycles. The Labute approximate surface area is 61.0 Å². The van der Waals surface area contributed by atoms with E-state index < -0.39 is 0 Å². The highest BCUT2D eigenvalue weighted by Gasteiger charge is 2.37. The minimum Gasteiger partial charge on any atom is -0.376 e. The molecule has 3 heteroatoms. The average Bonchev–Trinajstić information content (AvgIpc) is 1.85.